The average Bonchev–Trinajstić information content (AvgIpc) is 3.29. The number of nitrogens with zero attached hydrogens (tertiary/aromatic N) is 1. The quantitative estimate of drug-likeness (QED) is 0.631. The van der Waals surface area contributed by atoms with Gasteiger partial charge in [-0.05, 0) is 59.7 Å². The van der Waals surface area contributed by atoms with E-state index in [1.54, 1.807) is 16.7 Å². The molecule has 0 bridgehead atoms. The number of rotatable bonds is 5. The van der Waals surface area contributed by atoms with Crippen LogP contribution >= 0.6 is 11.8 Å². The first-order valence-corrected chi connectivity index (χ1v) is 12.2. The summed E-state index contributed by atoms with van der Waals surface area (Å²) in [4.78, 5) is 28.1. The van der Waals surface area contributed by atoms with Gasteiger partial charge in [-0.2, -0.15) is 24.9 Å². The van der Waals surface area contributed by atoms with Crippen LogP contribution in [0.3, 0.4) is 0 Å². The van der Waals surface area contributed by atoms with Crippen molar-refractivity contribution in [3.63, 3.8) is 0 Å². The van der Waals surface area contributed by atoms with Gasteiger partial charge in [0.1, 0.15) is 5.54 Å². The Hall–Kier alpha value is -2.88. The SMILES string of the molecule is O=C1CC(c2ccc3c(c2)OCO3)N1C1(C(=O)NCc2ccc(C(F)(F)F)cc2)CCSCC1. The standard InChI is InChI=1S/C24H23F3N2O4S/c25-24(26,27)17-4-1-15(2-5-17)13-28-22(31)23(7-9-34-10-8-23)29-18(12-21(29)30)16-3-6-19-20(11-16)33-14-32-19/h1-6,11,18H,7-10,12-14H2,(H,28,31). The number of fused-ring (bicyclic) bond motifs is 1. The summed E-state index contributed by atoms with van der Waals surface area (Å²) in [6, 6.07) is 10.0. The van der Waals surface area contributed by atoms with Crippen molar-refractivity contribution in [1.29, 1.82) is 0 Å². The van der Waals surface area contributed by atoms with Gasteiger partial charge in [-0.3, -0.25) is 9.59 Å². The summed E-state index contributed by atoms with van der Waals surface area (Å²) in [6.45, 7) is 0.238. The van der Waals surface area contributed by atoms with Crippen molar-refractivity contribution in [3.05, 3.63) is 59.2 Å². The van der Waals surface area contributed by atoms with Crippen molar-refractivity contribution in [3.8, 4) is 11.5 Å². The number of halogens is 3. The Kier molecular flexibility index (Phi) is 5.87. The zero-order chi connectivity index (χ0) is 23.9. The second-order valence-corrected chi connectivity index (χ2v) is 9.84. The Morgan fingerprint density at radius 3 is 2.47 bits per heavy atom. The Labute approximate surface area is 198 Å². The van der Waals surface area contributed by atoms with Crippen LogP contribution < -0.4 is 14.8 Å². The number of alkyl halides is 3. The lowest BCUT2D eigenvalue weighted by atomic mass is 9.80. The minimum atomic E-state index is -4.41. The molecule has 0 aliphatic carbocycles. The Balaban J connectivity index is 1.35. The molecule has 1 N–H and O–H groups in total. The Morgan fingerprint density at radius 1 is 1.09 bits per heavy atom. The molecule has 1 atom stereocenters. The Morgan fingerprint density at radius 2 is 1.79 bits per heavy atom. The molecule has 5 rings (SSSR count). The zero-order valence-electron chi connectivity index (χ0n) is 18.2. The highest BCUT2D eigenvalue weighted by Crippen LogP contribution is 2.47. The number of thioether (sulfide) groups is 1. The van der Waals surface area contributed by atoms with E-state index >= 15 is 0 Å². The molecule has 2 aromatic rings. The van der Waals surface area contributed by atoms with E-state index in [4.69, 9.17) is 9.47 Å². The molecular weight excluding hydrogens is 469 g/mol. The summed E-state index contributed by atoms with van der Waals surface area (Å²) in [5.74, 6) is 2.40. The van der Waals surface area contributed by atoms with Crippen molar-refractivity contribution in [2.24, 2.45) is 0 Å². The fraction of sp³-hybridized carbons (Fsp3) is 0.417. The van der Waals surface area contributed by atoms with E-state index in [0.29, 0.717) is 36.3 Å². The Bertz CT molecular complexity index is 1100. The lowest BCUT2D eigenvalue weighted by Crippen LogP contribution is -2.67. The number of hydrogen-bond donors (Lipinski definition) is 1. The van der Waals surface area contributed by atoms with Crippen LogP contribution in [0.25, 0.3) is 0 Å². The van der Waals surface area contributed by atoms with E-state index in [1.165, 1.54) is 12.1 Å². The van der Waals surface area contributed by atoms with Crippen LogP contribution in [0.4, 0.5) is 13.2 Å². The van der Waals surface area contributed by atoms with E-state index in [2.05, 4.69) is 5.32 Å². The number of nitrogens with one attached hydrogen (secondary N) is 1. The van der Waals surface area contributed by atoms with Gasteiger partial charge in [-0.15, -0.1) is 0 Å². The van der Waals surface area contributed by atoms with Gasteiger partial charge in [0.2, 0.25) is 18.6 Å². The highest BCUT2D eigenvalue weighted by atomic mass is 32.2. The molecule has 0 radical (unpaired) electrons. The van der Waals surface area contributed by atoms with E-state index in [9.17, 15) is 22.8 Å². The second-order valence-electron chi connectivity index (χ2n) is 8.62. The first-order chi connectivity index (χ1) is 16.3. The lowest BCUT2D eigenvalue weighted by Gasteiger charge is -2.54. The maximum atomic E-state index is 13.5. The molecule has 2 saturated heterocycles. The molecule has 3 aliphatic rings. The van der Waals surface area contributed by atoms with Crippen molar-refractivity contribution in [1.82, 2.24) is 10.2 Å². The monoisotopic (exact) mass is 492 g/mol. The van der Waals surface area contributed by atoms with Gasteiger partial charge in [-0.1, -0.05) is 18.2 Å². The van der Waals surface area contributed by atoms with E-state index in [0.717, 1.165) is 29.2 Å². The van der Waals surface area contributed by atoms with Gasteiger partial charge in [0, 0.05) is 6.54 Å². The summed E-state index contributed by atoms with van der Waals surface area (Å²) in [7, 11) is 0. The zero-order valence-corrected chi connectivity index (χ0v) is 19.0. The maximum absolute atomic E-state index is 13.5. The van der Waals surface area contributed by atoms with Crippen molar-refractivity contribution >= 4 is 23.6 Å². The smallest absolute Gasteiger partial charge is 0.416 e. The predicted octanol–water partition coefficient (Wildman–Crippen LogP) is 4.29. The summed E-state index contributed by atoms with van der Waals surface area (Å²) >= 11 is 1.74. The van der Waals surface area contributed by atoms with E-state index in [1.807, 2.05) is 18.2 Å². The molecular formula is C24H23F3N2O4S. The molecule has 6 nitrogen and oxygen atoms in total. The first-order valence-electron chi connectivity index (χ1n) is 11.0. The highest BCUT2D eigenvalue weighted by Gasteiger charge is 2.55. The highest BCUT2D eigenvalue weighted by molar-refractivity contribution is 7.99. The van der Waals surface area contributed by atoms with Gasteiger partial charge in [0.15, 0.2) is 11.5 Å². The molecule has 34 heavy (non-hydrogen) atoms. The number of carbonyl (C=O) groups excluding carboxylic acids is 2. The third-order valence-corrected chi connectivity index (χ3v) is 7.65. The molecule has 2 amide bonds. The third kappa shape index (κ3) is 4.08. The van der Waals surface area contributed by atoms with Crippen LogP contribution in [0, 0.1) is 0 Å². The molecule has 3 aliphatic heterocycles. The largest absolute Gasteiger partial charge is 0.454 e. The van der Waals surface area contributed by atoms with Crippen LogP contribution in [-0.4, -0.2) is 40.6 Å². The molecule has 3 heterocycles. The molecule has 2 aromatic carbocycles. The molecule has 1 unspecified atom stereocenters. The van der Waals surface area contributed by atoms with Gasteiger partial charge in [0.05, 0.1) is 18.0 Å². The number of likely N-dealkylation sites (tertiary alicyclic amines) is 1. The third-order valence-electron chi connectivity index (χ3n) is 6.67. The summed E-state index contributed by atoms with van der Waals surface area (Å²) in [6.07, 6.45) is -3.07. The topological polar surface area (TPSA) is 67.9 Å². The fourth-order valence-corrected chi connectivity index (χ4v) is 5.95. The average molecular weight is 493 g/mol. The van der Waals surface area contributed by atoms with Gasteiger partial charge in [-0.25, -0.2) is 0 Å². The number of benzene rings is 2. The van der Waals surface area contributed by atoms with Crippen molar-refractivity contribution < 1.29 is 32.2 Å². The molecule has 0 saturated carbocycles. The van der Waals surface area contributed by atoms with Crippen LogP contribution in [-0.2, 0) is 22.3 Å². The van der Waals surface area contributed by atoms with Crippen LogP contribution in [0.5, 0.6) is 11.5 Å². The summed E-state index contributed by atoms with van der Waals surface area (Å²) < 4.78 is 49.3. The van der Waals surface area contributed by atoms with Crippen LogP contribution in [0.1, 0.15) is 42.0 Å². The van der Waals surface area contributed by atoms with Crippen LogP contribution in [0.2, 0.25) is 0 Å². The molecule has 10 heteroatoms. The molecule has 0 aromatic heterocycles. The molecule has 0 spiro atoms. The van der Waals surface area contributed by atoms with Gasteiger partial charge in [0.25, 0.3) is 0 Å². The number of hydrogen-bond acceptors (Lipinski definition) is 5. The summed E-state index contributed by atoms with van der Waals surface area (Å²) in [5, 5.41) is 2.88. The number of carbonyl (C=O) groups is 2. The van der Waals surface area contributed by atoms with E-state index < -0.39 is 17.3 Å². The van der Waals surface area contributed by atoms with E-state index in [-0.39, 0.29) is 31.2 Å². The van der Waals surface area contributed by atoms with Crippen molar-refractivity contribution in [2.45, 2.75) is 43.6 Å². The number of ether oxygens (including phenoxy) is 2. The normalized spacial score (nSPS) is 21.2. The lowest BCUT2D eigenvalue weighted by molar-refractivity contribution is -0.166. The fourth-order valence-electron chi connectivity index (χ4n) is 4.79. The van der Waals surface area contributed by atoms with Crippen LogP contribution in [0.15, 0.2) is 42.5 Å². The minimum Gasteiger partial charge on any atom is -0.454 e. The van der Waals surface area contributed by atoms with Gasteiger partial charge >= 0.3 is 6.18 Å². The van der Waals surface area contributed by atoms with Gasteiger partial charge < -0.3 is 19.7 Å². The molecule has 180 valence electrons. The second kappa shape index (κ2) is 8.72. The number of amides is 2. The van der Waals surface area contributed by atoms with Crippen molar-refractivity contribution in [2.75, 3.05) is 18.3 Å². The minimum absolute atomic E-state index is 0.0840. The predicted molar refractivity (Wildman–Crippen MR) is 119 cm³/mol. The maximum Gasteiger partial charge on any atom is 0.416 e. The summed E-state index contributed by atoms with van der Waals surface area (Å²) in [5.41, 5.74) is -0.282. The molecule has 2 fully saturated rings. The first kappa shape index (κ1) is 22.9. The number of β-lactam (4-membered cyclic amide) rings is 1.